The van der Waals surface area contributed by atoms with E-state index < -0.39 is 0 Å². The fourth-order valence-corrected chi connectivity index (χ4v) is 2.08. The molecule has 1 nitrogen and oxygen atoms in total. The van der Waals surface area contributed by atoms with Gasteiger partial charge in [0.1, 0.15) is 0 Å². The second kappa shape index (κ2) is 2.57. The molecule has 70 valence electrons. The first-order chi connectivity index (χ1) is 6.80. The zero-order valence-corrected chi connectivity index (χ0v) is 8.33. The molecule has 0 bridgehead atoms. The summed E-state index contributed by atoms with van der Waals surface area (Å²) in [7, 11) is 0. The lowest BCUT2D eigenvalue weighted by molar-refractivity contribution is 0.795. The Hall–Kier alpha value is -1.37. The summed E-state index contributed by atoms with van der Waals surface area (Å²) in [6.07, 6.45) is 4.57. The first-order valence-corrected chi connectivity index (χ1v) is 5.14. The molecule has 1 heteroatoms. The van der Waals surface area contributed by atoms with Crippen LogP contribution in [0.3, 0.4) is 0 Å². The monoisotopic (exact) mass is 183 g/mol. The van der Waals surface area contributed by atoms with Crippen molar-refractivity contribution in [2.75, 3.05) is 0 Å². The van der Waals surface area contributed by atoms with Gasteiger partial charge in [-0.3, -0.25) is 4.98 Å². The third-order valence-electron chi connectivity index (χ3n) is 3.30. The van der Waals surface area contributed by atoms with Crippen molar-refractivity contribution in [2.24, 2.45) is 0 Å². The Morgan fingerprint density at radius 1 is 1.14 bits per heavy atom. The van der Waals surface area contributed by atoms with Crippen LogP contribution in [-0.2, 0) is 5.41 Å². The predicted octanol–water partition coefficient (Wildman–Crippen LogP) is 3.29. The Balaban J connectivity index is 2.33. The molecule has 2 aromatic rings. The second-order valence-corrected chi connectivity index (χ2v) is 4.44. The number of benzene rings is 1. The lowest BCUT2D eigenvalue weighted by atomic mass is 9.95. The molecule has 0 radical (unpaired) electrons. The molecule has 0 unspecified atom stereocenters. The molecule has 0 atom stereocenters. The van der Waals surface area contributed by atoms with Gasteiger partial charge in [0.25, 0.3) is 0 Å². The standard InChI is InChI=1S/C13H13N/c1-13(7-8-13)11-6-9-14-12-5-3-2-4-10(11)12/h2-6,9H,7-8H2,1H3. The predicted molar refractivity (Wildman–Crippen MR) is 58.3 cm³/mol. The third kappa shape index (κ3) is 1.05. The van der Waals surface area contributed by atoms with E-state index in [1.54, 1.807) is 0 Å². The fourth-order valence-electron chi connectivity index (χ4n) is 2.08. The highest BCUT2D eigenvalue weighted by Crippen LogP contribution is 2.49. The van der Waals surface area contributed by atoms with Gasteiger partial charge in [-0.2, -0.15) is 0 Å². The summed E-state index contributed by atoms with van der Waals surface area (Å²) < 4.78 is 0. The molecule has 1 saturated carbocycles. The Labute approximate surface area is 83.8 Å². The number of pyridine rings is 1. The number of hydrogen-bond donors (Lipinski definition) is 0. The van der Waals surface area contributed by atoms with E-state index in [9.17, 15) is 0 Å². The largest absolute Gasteiger partial charge is 0.256 e. The second-order valence-electron chi connectivity index (χ2n) is 4.44. The van der Waals surface area contributed by atoms with Crippen molar-refractivity contribution in [3.05, 3.63) is 42.1 Å². The van der Waals surface area contributed by atoms with E-state index in [4.69, 9.17) is 0 Å². The van der Waals surface area contributed by atoms with Crippen LogP contribution in [-0.4, -0.2) is 4.98 Å². The van der Waals surface area contributed by atoms with Gasteiger partial charge in [0.2, 0.25) is 0 Å². The van der Waals surface area contributed by atoms with Crippen LogP contribution < -0.4 is 0 Å². The average molecular weight is 183 g/mol. The van der Waals surface area contributed by atoms with Crippen molar-refractivity contribution in [2.45, 2.75) is 25.2 Å². The highest BCUT2D eigenvalue weighted by Gasteiger charge is 2.39. The summed E-state index contributed by atoms with van der Waals surface area (Å²) in [6.45, 7) is 2.34. The molecule has 14 heavy (non-hydrogen) atoms. The van der Waals surface area contributed by atoms with Crippen LogP contribution in [0.1, 0.15) is 25.3 Å². The van der Waals surface area contributed by atoms with Crippen molar-refractivity contribution < 1.29 is 0 Å². The number of hydrogen-bond acceptors (Lipinski definition) is 1. The quantitative estimate of drug-likeness (QED) is 0.661. The molecule has 1 aromatic heterocycles. The van der Waals surface area contributed by atoms with Crippen LogP contribution in [0.25, 0.3) is 10.9 Å². The first kappa shape index (κ1) is 7.98. The van der Waals surface area contributed by atoms with Gasteiger partial charge in [-0.05, 0) is 36.0 Å². The highest BCUT2D eigenvalue weighted by molar-refractivity contribution is 5.83. The third-order valence-corrected chi connectivity index (χ3v) is 3.30. The molecular formula is C13H13N. The summed E-state index contributed by atoms with van der Waals surface area (Å²) in [6, 6.07) is 10.6. The van der Waals surface area contributed by atoms with Crippen molar-refractivity contribution in [1.82, 2.24) is 4.98 Å². The van der Waals surface area contributed by atoms with Crippen molar-refractivity contribution in [3.8, 4) is 0 Å². The molecule has 0 saturated heterocycles. The molecule has 0 amide bonds. The number of para-hydroxylation sites is 1. The molecule has 1 aliphatic carbocycles. The van der Waals surface area contributed by atoms with Crippen molar-refractivity contribution in [1.29, 1.82) is 0 Å². The molecule has 1 heterocycles. The number of aromatic nitrogens is 1. The molecule has 1 aromatic carbocycles. The average Bonchev–Trinajstić information content (AvgIpc) is 2.97. The van der Waals surface area contributed by atoms with Crippen molar-refractivity contribution >= 4 is 10.9 Å². The summed E-state index contributed by atoms with van der Waals surface area (Å²) in [5, 5.41) is 1.33. The zero-order chi connectivity index (χ0) is 9.60. The summed E-state index contributed by atoms with van der Waals surface area (Å²) in [5.41, 5.74) is 3.03. The number of fused-ring (bicyclic) bond motifs is 1. The van der Waals surface area contributed by atoms with E-state index in [0.717, 1.165) is 5.52 Å². The van der Waals surface area contributed by atoms with E-state index in [0.29, 0.717) is 5.41 Å². The maximum atomic E-state index is 4.38. The molecule has 1 aliphatic rings. The minimum absolute atomic E-state index is 0.433. The van der Waals surface area contributed by atoms with E-state index in [1.165, 1.54) is 23.8 Å². The van der Waals surface area contributed by atoms with Gasteiger partial charge in [0.05, 0.1) is 5.52 Å². The lowest BCUT2D eigenvalue weighted by Crippen LogP contribution is -2.00. The Bertz CT molecular complexity index is 478. The molecule has 0 N–H and O–H groups in total. The number of nitrogens with zero attached hydrogens (tertiary/aromatic N) is 1. The van der Waals surface area contributed by atoms with Gasteiger partial charge in [-0.15, -0.1) is 0 Å². The molecule has 1 fully saturated rings. The van der Waals surface area contributed by atoms with Gasteiger partial charge in [-0.1, -0.05) is 25.1 Å². The highest BCUT2D eigenvalue weighted by atomic mass is 14.7. The maximum Gasteiger partial charge on any atom is 0.0704 e. The lowest BCUT2D eigenvalue weighted by Gasteiger charge is -2.11. The minimum Gasteiger partial charge on any atom is -0.256 e. The van der Waals surface area contributed by atoms with Crippen LogP contribution >= 0.6 is 0 Å². The van der Waals surface area contributed by atoms with E-state index in [1.807, 2.05) is 12.3 Å². The van der Waals surface area contributed by atoms with Crippen LogP contribution in [0.2, 0.25) is 0 Å². The van der Waals surface area contributed by atoms with Gasteiger partial charge < -0.3 is 0 Å². The Kier molecular flexibility index (Phi) is 1.46. The summed E-state index contributed by atoms with van der Waals surface area (Å²) >= 11 is 0. The van der Waals surface area contributed by atoms with Crippen molar-refractivity contribution in [3.63, 3.8) is 0 Å². The summed E-state index contributed by atoms with van der Waals surface area (Å²) in [4.78, 5) is 4.38. The molecular weight excluding hydrogens is 170 g/mol. The van der Waals surface area contributed by atoms with E-state index in [2.05, 4.69) is 36.2 Å². The fraction of sp³-hybridized carbons (Fsp3) is 0.308. The van der Waals surface area contributed by atoms with E-state index in [-0.39, 0.29) is 0 Å². The maximum absolute atomic E-state index is 4.38. The first-order valence-electron chi connectivity index (χ1n) is 5.14. The molecule has 0 aliphatic heterocycles. The molecule has 3 rings (SSSR count). The summed E-state index contributed by atoms with van der Waals surface area (Å²) in [5.74, 6) is 0. The van der Waals surface area contributed by atoms with Crippen LogP contribution in [0.4, 0.5) is 0 Å². The van der Waals surface area contributed by atoms with Crippen LogP contribution in [0, 0.1) is 0 Å². The van der Waals surface area contributed by atoms with Gasteiger partial charge in [-0.25, -0.2) is 0 Å². The van der Waals surface area contributed by atoms with Crippen LogP contribution in [0.5, 0.6) is 0 Å². The van der Waals surface area contributed by atoms with Gasteiger partial charge in [0.15, 0.2) is 0 Å². The zero-order valence-electron chi connectivity index (χ0n) is 8.33. The van der Waals surface area contributed by atoms with Crippen LogP contribution in [0.15, 0.2) is 36.5 Å². The van der Waals surface area contributed by atoms with E-state index >= 15 is 0 Å². The smallest absolute Gasteiger partial charge is 0.0704 e. The molecule has 0 spiro atoms. The Morgan fingerprint density at radius 3 is 2.71 bits per heavy atom. The van der Waals surface area contributed by atoms with Gasteiger partial charge >= 0.3 is 0 Å². The topological polar surface area (TPSA) is 12.9 Å². The Morgan fingerprint density at radius 2 is 1.93 bits per heavy atom. The normalized spacial score (nSPS) is 18.4. The SMILES string of the molecule is CC1(c2ccnc3ccccc23)CC1. The number of rotatable bonds is 1. The minimum atomic E-state index is 0.433. The van der Waals surface area contributed by atoms with Gasteiger partial charge in [0, 0.05) is 11.6 Å².